The summed E-state index contributed by atoms with van der Waals surface area (Å²) in [5.41, 5.74) is 2.14. The van der Waals surface area contributed by atoms with E-state index in [0.717, 1.165) is 11.4 Å². The van der Waals surface area contributed by atoms with Gasteiger partial charge in [-0.25, -0.2) is 0 Å². The molecule has 4 aromatic rings. The first kappa shape index (κ1) is 22.2. The van der Waals surface area contributed by atoms with Crippen molar-refractivity contribution in [1.29, 1.82) is 0 Å². The van der Waals surface area contributed by atoms with E-state index in [0.29, 0.717) is 42.6 Å². The van der Waals surface area contributed by atoms with Gasteiger partial charge in [0.15, 0.2) is 6.33 Å². The number of para-hydroxylation sites is 1. The lowest BCUT2D eigenvalue weighted by Gasteiger charge is -2.23. The van der Waals surface area contributed by atoms with Crippen LogP contribution < -0.4 is 15.0 Å². The zero-order valence-corrected chi connectivity index (χ0v) is 18.5. The lowest BCUT2D eigenvalue weighted by molar-refractivity contribution is 0.0985. The number of halogens is 1. The molecule has 0 spiro atoms. The van der Waals surface area contributed by atoms with E-state index in [-0.39, 0.29) is 5.91 Å². The molecule has 1 N–H and O–H groups in total. The van der Waals surface area contributed by atoms with Crippen LogP contribution in [-0.2, 0) is 6.54 Å². The van der Waals surface area contributed by atoms with Crippen molar-refractivity contribution in [2.45, 2.75) is 6.54 Å². The number of ether oxygens (including phenoxy) is 1. The molecule has 9 nitrogen and oxygen atoms in total. The molecule has 0 bridgehead atoms. The van der Waals surface area contributed by atoms with Gasteiger partial charge < -0.3 is 15.0 Å². The van der Waals surface area contributed by atoms with Crippen LogP contribution >= 0.6 is 11.6 Å². The minimum absolute atomic E-state index is 0.205. The molecule has 1 amide bonds. The molecular weight excluding hydrogens is 442 g/mol. The number of nitrogens with zero attached hydrogens (tertiary/aromatic N) is 6. The largest absolute Gasteiger partial charge is 0.492 e. The van der Waals surface area contributed by atoms with Crippen molar-refractivity contribution < 1.29 is 9.53 Å². The molecule has 0 radical (unpaired) electrons. The molecule has 0 aliphatic heterocycles. The summed E-state index contributed by atoms with van der Waals surface area (Å²) in [7, 11) is 0. The van der Waals surface area contributed by atoms with E-state index < -0.39 is 0 Å². The number of anilines is 2. The number of carbonyl (C=O) groups excluding carboxylic acids is 1. The molecule has 2 heterocycles. The number of carbonyl (C=O) groups is 1. The van der Waals surface area contributed by atoms with Crippen LogP contribution in [-0.4, -0.2) is 50.8 Å². The number of rotatable bonds is 10. The third-order valence-corrected chi connectivity index (χ3v) is 4.94. The molecule has 0 unspecified atom stereocenters. The van der Waals surface area contributed by atoms with Gasteiger partial charge in [-0.15, -0.1) is 10.2 Å². The van der Waals surface area contributed by atoms with Crippen molar-refractivity contribution in [3.8, 4) is 5.75 Å². The first-order valence-corrected chi connectivity index (χ1v) is 10.7. The maximum absolute atomic E-state index is 13.5. The van der Waals surface area contributed by atoms with Crippen LogP contribution in [0.4, 0.5) is 11.4 Å². The molecule has 0 fully saturated rings. The highest BCUT2D eigenvalue weighted by Gasteiger charge is 2.19. The Labute approximate surface area is 196 Å². The van der Waals surface area contributed by atoms with Crippen molar-refractivity contribution >= 4 is 28.9 Å². The van der Waals surface area contributed by atoms with Gasteiger partial charge in [-0.05, 0) is 47.7 Å². The molecule has 2 aromatic heterocycles. The summed E-state index contributed by atoms with van der Waals surface area (Å²) in [6, 6.07) is 18.2. The summed E-state index contributed by atoms with van der Waals surface area (Å²) in [6.45, 7) is 1.74. The normalized spacial score (nSPS) is 10.6. The Balaban J connectivity index is 1.45. The van der Waals surface area contributed by atoms with Crippen LogP contribution in [0.15, 0.2) is 79.4 Å². The molecule has 33 heavy (non-hydrogen) atoms. The molecule has 0 saturated carbocycles. The molecule has 10 heteroatoms. The summed E-state index contributed by atoms with van der Waals surface area (Å²) in [5.74, 6) is 0.317. The lowest BCUT2D eigenvalue weighted by Crippen LogP contribution is -2.34. The molecular formula is C23H22ClN7O2. The van der Waals surface area contributed by atoms with E-state index in [9.17, 15) is 4.79 Å². The van der Waals surface area contributed by atoms with Crippen molar-refractivity contribution in [2.24, 2.45) is 0 Å². The van der Waals surface area contributed by atoms with E-state index in [1.54, 1.807) is 35.5 Å². The zero-order valence-electron chi connectivity index (χ0n) is 17.7. The standard InChI is InChI=1S/C23H22ClN7O2/c24-19-14-18(15-22(16-19)33-13-10-26-20-6-8-25-9-7-20)23(32)30(21-4-2-1-3-5-21)11-12-31-28-17-27-29-31/h1-9,14-17H,10-13H2,(H,25,26). The van der Waals surface area contributed by atoms with Gasteiger partial charge in [-0.1, -0.05) is 29.8 Å². The van der Waals surface area contributed by atoms with Gasteiger partial charge in [0.2, 0.25) is 0 Å². The maximum Gasteiger partial charge on any atom is 0.258 e. The van der Waals surface area contributed by atoms with Crippen LogP contribution in [0.5, 0.6) is 5.75 Å². The second kappa shape index (κ2) is 11.1. The lowest BCUT2D eigenvalue weighted by atomic mass is 10.1. The minimum atomic E-state index is -0.205. The average molecular weight is 464 g/mol. The maximum atomic E-state index is 13.5. The Kier molecular flexibility index (Phi) is 7.44. The molecule has 0 aliphatic carbocycles. The summed E-state index contributed by atoms with van der Waals surface area (Å²) in [5, 5.41) is 15.3. The van der Waals surface area contributed by atoms with E-state index in [2.05, 4.69) is 25.7 Å². The van der Waals surface area contributed by atoms with Crippen LogP contribution in [0.1, 0.15) is 10.4 Å². The number of nitrogens with one attached hydrogen (secondary N) is 1. The number of aromatic nitrogens is 5. The minimum Gasteiger partial charge on any atom is -0.492 e. The fourth-order valence-electron chi connectivity index (χ4n) is 3.20. The summed E-state index contributed by atoms with van der Waals surface area (Å²) in [6.07, 6.45) is 4.80. The quantitative estimate of drug-likeness (QED) is 0.359. The Bertz CT molecular complexity index is 1160. The van der Waals surface area contributed by atoms with Crippen molar-refractivity contribution in [2.75, 3.05) is 29.9 Å². The molecule has 0 aliphatic rings. The molecule has 168 valence electrons. The van der Waals surface area contributed by atoms with Crippen molar-refractivity contribution in [3.05, 3.63) is 90.0 Å². The summed E-state index contributed by atoms with van der Waals surface area (Å²) >= 11 is 6.31. The average Bonchev–Trinajstić information content (AvgIpc) is 3.37. The number of pyridine rings is 1. The molecule has 2 aromatic carbocycles. The van der Waals surface area contributed by atoms with Gasteiger partial charge in [-0.3, -0.25) is 9.78 Å². The van der Waals surface area contributed by atoms with Crippen LogP contribution in [0.2, 0.25) is 5.02 Å². The van der Waals surface area contributed by atoms with Crippen LogP contribution in [0.3, 0.4) is 0 Å². The van der Waals surface area contributed by atoms with E-state index in [1.165, 1.54) is 11.1 Å². The summed E-state index contributed by atoms with van der Waals surface area (Å²) in [4.78, 5) is 20.5. The first-order chi connectivity index (χ1) is 16.2. The fraction of sp³-hybridized carbons (Fsp3) is 0.174. The Morgan fingerprint density at radius 2 is 1.91 bits per heavy atom. The second-order valence-corrected chi connectivity index (χ2v) is 7.45. The van der Waals surface area contributed by atoms with Gasteiger partial charge >= 0.3 is 0 Å². The van der Waals surface area contributed by atoms with E-state index in [1.807, 2.05) is 42.5 Å². The fourth-order valence-corrected chi connectivity index (χ4v) is 3.42. The number of hydrogen-bond acceptors (Lipinski definition) is 7. The Morgan fingerprint density at radius 1 is 1.09 bits per heavy atom. The number of hydrogen-bond donors (Lipinski definition) is 1. The Hall–Kier alpha value is -3.98. The van der Waals surface area contributed by atoms with Crippen molar-refractivity contribution in [1.82, 2.24) is 25.2 Å². The molecule has 4 rings (SSSR count). The van der Waals surface area contributed by atoms with E-state index in [4.69, 9.17) is 16.3 Å². The first-order valence-electron chi connectivity index (χ1n) is 10.3. The highest BCUT2D eigenvalue weighted by atomic mass is 35.5. The second-order valence-electron chi connectivity index (χ2n) is 7.01. The predicted octanol–water partition coefficient (Wildman–Crippen LogP) is 3.56. The third-order valence-electron chi connectivity index (χ3n) is 4.73. The van der Waals surface area contributed by atoms with Gasteiger partial charge in [0.05, 0.1) is 6.54 Å². The van der Waals surface area contributed by atoms with Gasteiger partial charge in [-0.2, -0.15) is 4.80 Å². The number of tetrazole rings is 1. The molecule has 0 atom stereocenters. The molecule has 0 saturated heterocycles. The topological polar surface area (TPSA) is 98.1 Å². The smallest absolute Gasteiger partial charge is 0.258 e. The summed E-state index contributed by atoms with van der Waals surface area (Å²) < 4.78 is 5.84. The Morgan fingerprint density at radius 3 is 2.67 bits per heavy atom. The van der Waals surface area contributed by atoms with Gasteiger partial charge in [0.1, 0.15) is 12.4 Å². The van der Waals surface area contributed by atoms with Crippen molar-refractivity contribution in [3.63, 3.8) is 0 Å². The van der Waals surface area contributed by atoms with Gasteiger partial charge in [0, 0.05) is 47.4 Å². The van der Waals surface area contributed by atoms with Gasteiger partial charge in [0.25, 0.3) is 5.91 Å². The highest BCUT2D eigenvalue weighted by molar-refractivity contribution is 6.31. The zero-order chi connectivity index (χ0) is 22.9. The SMILES string of the molecule is O=C(c1cc(Cl)cc(OCCNc2ccncc2)c1)N(CCn1ncnn1)c1ccccc1. The van der Waals surface area contributed by atoms with Crippen LogP contribution in [0, 0.1) is 0 Å². The predicted molar refractivity (Wildman–Crippen MR) is 126 cm³/mol. The number of benzene rings is 2. The van der Waals surface area contributed by atoms with Crippen LogP contribution in [0.25, 0.3) is 0 Å². The third kappa shape index (κ3) is 6.27. The number of amides is 1. The monoisotopic (exact) mass is 463 g/mol. The highest BCUT2D eigenvalue weighted by Crippen LogP contribution is 2.24. The van der Waals surface area contributed by atoms with E-state index >= 15 is 0 Å².